The van der Waals surface area contributed by atoms with Gasteiger partial charge in [0.05, 0.1) is 10.5 Å². The van der Waals surface area contributed by atoms with Crippen molar-refractivity contribution in [1.29, 1.82) is 0 Å². The molecule has 8 nitrogen and oxygen atoms in total. The molecule has 0 amide bonds. The number of ketones is 1. The fourth-order valence-electron chi connectivity index (χ4n) is 3.69. The third-order valence-electron chi connectivity index (χ3n) is 4.84. The number of benzene rings is 1. The van der Waals surface area contributed by atoms with Crippen LogP contribution in [0.5, 0.6) is 0 Å². The number of nitro groups is 1. The number of nitrogens with one attached hydrogen (secondary N) is 2. The third kappa shape index (κ3) is 2.93. The number of hydrogen-bond acceptors (Lipinski definition) is 7. The minimum Gasteiger partial charge on any atom is -0.343 e. The highest BCUT2D eigenvalue weighted by Crippen LogP contribution is 2.43. The molecule has 1 aromatic heterocycles. The Hall–Kier alpha value is -2.94. The lowest BCUT2D eigenvalue weighted by Gasteiger charge is -2.32. The lowest BCUT2D eigenvalue weighted by atomic mass is 9.76. The number of fused-ring (bicyclic) bond motifs is 1. The number of nitro benzene ring substituents is 1. The average Bonchev–Trinajstić information content (AvgIpc) is 2.66. The zero-order valence-corrected chi connectivity index (χ0v) is 15.3. The number of H-pyrrole nitrogens is 1. The van der Waals surface area contributed by atoms with E-state index >= 15 is 0 Å². The van der Waals surface area contributed by atoms with Crippen molar-refractivity contribution in [2.75, 3.05) is 11.6 Å². The summed E-state index contributed by atoms with van der Waals surface area (Å²) in [6, 6.07) is 6.10. The smallest absolute Gasteiger partial charge is 0.269 e. The zero-order chi connectivity index (χ0) is 19.1. The topological polar surface area (TPSA) is 118 Å². The summed E-state index contributed by atoms with van der Waals surface area (Å²) in [7, 11) is 0. The maximum atomic E-state index is 12.8. The Balaban J connectivity index is 1.98. The number of nitrogens with zero attached hydrogens (tertiary/aromatic N) is 2. The standard InChI is InChI=1S/C18H16N4O4S/c1-27-18-20-16-15(17(24)21-18)13(9-4-2-5-10(8-9)22(25)26)14-11(19-16)6-3-7-12(14)23/h2,4-5,8,13H,3,6-7H2,1H3,(H2,19,20,21,24)/t13-/m1/s1. The molecule has 4 rings (SSSR count). The number of hydrogen-bond donors (Lipinski definition) is 2. The van der Waals surface area contributed by atoms with E-state index in [1.165, 1.54) is 23.9 Å². The van der Waals surface area contributed by atoms with Crippen LogP contribution in [0.2, 0.25) is 0 Å². The van der Waals surface area contributed by atoms with E-state index in [4.69, 9.17) is 0 Å². The van der Waals surface area contributed by atoms with Gasteiger partial charge in [-0.25, -0.2) is 4.98 Å². The Morgan fingerprint density at radius 2 is 2.11 bits per heavy atom. The fraction of sp³-hybridized carbons (Fsp3) is 0.278. The molecule has 2 N–H and O–H groups in total. The van der Waals surface area contributed by atoms with Gasteiger partial charge in [0.15, 0.2) is 10.9 Å². The first-order valence-corrected chi connectivity index (χ1v) is 9.68. The van der Waals surface area contributed by atoms with Crippen LogP contribution in [0.3, 0.4) is 0 Å². The van der Waals surface area contributed by atoms with Gasteiger partial charge in [-0.2, -0.15) is 0 Å². The molecule has 0 saturated heterocycles. The summed E-state index contributed by atoms with van der Waals surface area (Å²) in [5.74, 6) is -0.302. The number of carbonyl (C=O) groups excluding carboxylic acids is 1. The summed E-state index contributed by atoms with van der Waals surface area (Å²) in [5.41, 5.74) is 1.70. The second kappa shape index (κ2) is 6.66. The monoisotopic (exact) mass is 384 g/mol. The van der Waals surface area contributed by atoms with Gasteiger partial charge in [-0.3, -0.25) is 19.7 Å². The van der Waals surface area contributed by atoms with E-state index in [9.17, 15) is 19.7 Å². The molecule has 9 heteroatoms. The maximum Gasteiger partial charge on any atom is 0.269 e. The predicted molar refractivity (Wildman–Crippen MR) is 101 cm³/mol. The van der Waals surface area contributed by atoms with Gasteiger partial charge in [0.2, 0.25) is 0 Å². The van der Waals surface area contributed by atoms with Crippen LogP contribution in [0, 0.1) is 10.1 Å². The average molecular weight is 384 g/mol. The summed E-state index contributed by atoms with van der Waals surface area (Å²) in [6.45, 7) is 0. The summed E-state index contributed by atoms with van der Waals surface area (Å²) < 4.78 is 0. The lowest BCUT2D eigenvalue weighted by Crippen LogP contribution is -2.32. The molecule has 0 spiro atoms. The van der Waals surface area contributed by atoms with Crippen molar-refractivity contribution in [1.82, 2.24) is 9.97 Å². The highest BCUT2D eigenvalue weighted by molar-refractivity contribution is 7.98. The van der Waals surface area contributed by atoms with E-state index in [1.54, 1.807) is 18.4 Å². The van der Waals surface area contributed by atoms with Gasteiger partial charge in [0.25, 0.3) is 11.2 Å². The van der Waals surface area contributed by atoms with E-state index in [0.717, 1.165) is 12.1 Å². The molecule has 2 aromatic rings. The number of thioether (sulfide) groups is 1. The molecule has 0 unspecified atom stereocenters. The number of allylic oxidation sites excluding steroid dienone is 2. The van der Waals surface area contributed by atoms with Gasteiger partial charge in [-0.1, -0.05) is 23.9 Å². The molecule has 27 heavy (non-hydrogen) atoms. The normalized spacial score (nSPS) is 18.6. The van der Waals surface area contributed by atoms with Crippen molar-refractivity contribution in [3.8, 4) is 0 Å². The van der Waals surface area contributed by atoms with Crippen molar-refractivity contribution in [2.45, 2.75) is 30.3 Å². The number of carbonyl (C=O) groups is 1. The number of rotatable bonds is 3. The molecular formula is C18H16N4O4S. The third-order valence-corrected chi connectivity index (χ3v) is 5.42. The molecule has 138 valence electrons. The number of non-ortho nitro benzene ring substituents is 1. The molecule has 1 aromatic carbocycles. The zero-order valence-electron chi connectivity index (χ0n) is 14.4. The fourth-order valence-corrected chi connectivity index (χ4v) is 4.07. The molecule has 1 aliphatic heterocycles. The van der Waals surface area contributed by atoms with Crippen LogP contribution in [0.25, 0.3) is 0 Å². The summed E-state index contributed by atoms with van der Waals surface area (Å²) in [6.07, 6.45) is 3.60. The minimum absolute atomic E-state index is 0.0424. The van der Waals surface area contributed by atoms with Gasteiger partial charge in [-0.05, 0) is 24.7 Å². The Morgan fingerprint density at radius 3 is 2.85 bits per heavy atom. The summed E-state index contributed by atoms with van der Waals surface area (Å²) >= 11 is 1.31. The second-order valence-corrected chi connectivity index (χ2v) is 7.21. The van der Waals surface area contributed by atoms with Crippen LogP contribution in [0.15, 0.2) is 45.5 Å². The molecule has 0 radical (unpaired) electrons. The van der Waals surface area contributed by atoms with E-state index in [2.05, 4.69) is 15.3 Å². The largest absolute Gasteiger partial charge is 0.343 e. The maximum absolute atomic E-state index is 12.8. The minimum atomic E-state index is -0.670. The first-order chi connectivity index (χ1) is 13.0. The predicted octanol–water partition coefficient (Wildman–Crippen LogP) is 2.96. The molecule has 2 aliphatic rings. The van der Waals surface area contributed by atoms with Crippen molar-refractivity contribution < 1.29 is 9.72 Å². The number of Topliss-reactive ketones (excluding diaryl/α,β-unsaturated/α-hetero) is 1. The molecule has 2 heterocycles. The van der Waals surface area contributed by atoms with Gasteiger partial charge in [0, 0.05) is 35.7 Å². The van der Waals surface area contributed by atoms with Crippen molar-refractivity contribution in [3.63, 3.8) is 0 Å². The highest BCUT2D eigenvalue weighted by atomic mass is 32.2. The van der Waals surface area contributed by atoms with Crippen molar-refractivity contribution >= 4 is 29.1 Å². The molecule has 0 fully saturated rings. The Morgan fingerprint density at radius 1 is 1.30 bits per heavy atom. The van der Waals surface area contributed by atoms with Crippen molar-refractivity contribution in [3.05, 3.63) is 67.1 Å². The molecule has 0 saturated carbocycles. The molecule has 1 atom stereocenters. The molecular weight excluding hydrogens is 368 g/mol. The van der Waals surface area contributed by atoms with E-state index < -0.39 is 10.8 Å². The molecule has 0 bridgehead atoms. The Kier molecular flexibility index (Phi) is 4.31. The quantitative estimate of drug-likeness (QED) is 0.361. The summed E-state index contributed by atoms with van der Waals surface area (Å²) in [5, 5.41) is 14.8. The lowest BCUT2D eigenvalue weighted by molar-refractivity contribution is -0.384. The van der Waals surface area contributed by atoms with E-state index in [1.807, 2.05) is 0 Å². The van der Waals surface area contributed by atoms with Gasteiger partial charge >= 0.3 is 0 Å². The van der Waals surface area contributed by atoms with Crippen molar-refractivity contribution in [2.24, 2.45) is 0 Å². The first-order valence-electron chi connectivity index (χ1n) is 8.45. The number of aromatic amines is 1. The Labute approximate surface area is 158 Å². The van der Waals surface area contributed by atoms with Gasteiger partial charge < -0.3 is 10.3 Å². The van der Waals surface area contributed by atoms with Crippen LogP contribution in [-0.4, -0.2) is 26.9 Å². The van der Waals surface area contributed by atoms with Crippen LogP contribution >= 0.6 is 11.8 Å². The van der Waals surface area contributed by atoms with Crippen LogP contribution in [-0.2, 0) is 4.79 Å². The van der Waals surface area contributed by atoms with Crippen LogP contribution < -0.4 is 10.9 Å². The van der Waals surface area contributed by atoms with Crippen LogP contribution in [0.4, 0.5) is 11.5 Å². The summed E-state index contributed by atoms with van der Waals surface area (Å²) in [4.78, 5) is 43.4. The second-order valence-electron chi connectivity index (χ2n) is 6.42. The van der Waals surface area contributed by atoms with E-state index in [0.29, 0.717) is 40.5 Å². The molecule has 1 aliphatic carbocycles. The number of aromatic nitrogens is 2. The van der Waals surface area contributed by atoms with E-state index in [-0.39, 0.29) is 17.0 Å². The first kappa shape index (κ1) is 17.5. The van der Waals surface area contributed by atoms with Gasteiger partial charge in [0.1, 0.15) is 5.82 Å². The van der Waals surface area contributed by atoms with Crippen LogP contribution in [0.1, 0.15) is 36.3 Å². The van der Waals surface area contributed by atoms with Gasteiger partial charge in [-0.15, -0.1) is 0 Å². The SMILES string of the molecule is CSc1nc2c(c(=O)[nH]1)[C@H](c1cccc([N+](=O)[O-])c1)C1=C(CCCC1=O)N2. The Bertz CT molecular complexity index is 1060. The number of anilines is 1. The highest BCUT2D eigenvalue weighted by Gasteiger charge is 2.38.